The minimum atomic E-state index is -0.682. The van der Waals surface area contributed by atoms with E-state index in [2.05, 4.69) is 39.2 Å². The zero-order valence-corrected chi connectivity index (χ0v) is 19.9. The molecule has 1 aliphatic heterocycles. The lowest BCUT2D eigenvalue weighted by Gasteiger charge is -2.32. The number of pyridine rings is 2. The largest absolute Gasteiger partial charge is 0.436 e. The summed E-state index contributed by atoms with van der Waals surface area (Å²) in [6.45, 7) is 7.22. The van der Waals surface area contributed by atoms with Crippen LogP contribution in [0.5, 0.6) is 0 Å². The number of carbonyl (C=O) groups is 1. The van der Waals surface area contributed by atoms with Gasteiger partial charge in [-0.3, -0.25) is 9.78 Å². The number of hydrogen-bond donors (Lipinski definition) is 2. The van der Waals surface area contributed by atoms with Crippen molar-refractivity contribution in [3.05, 3.63) is 42.4 Å². The Balaban J connectivity index is 1.46. The van der Waals surface area contributed by atoms with Gasteiger partial charge in [0.15, 0.2) is 5.58 Å². The van der Waals surface area contributed by atoms with Crippen LogP contribution in [0.25, 0.3) is 33.3 Å². The summed E-state index contributed by atoms with van der Waals surface area (Å²) in [5, 5.41) is 5.01. The van der Waals surface area contributed by atoms with Crippen LogP contribution in [0.3, 0.4) is 0 Å². The van der Waals surface area contributed by atoms with Crippen LogP contribution < -0.4 is 16.0 Å². The Hall–Kier alpha value is -3.72. The predicted octanol–water partition coefficient (Wildman–Crippen LogP) is 3.61. The number of rotatable bonds is 6. The lowest BCUT2D eigenvalue weighted by atomic mass is 9.98. The quantitative estimate of drug-likeness (QED) is 0.437. The molecule has 9 nitrogen and oxygen atoms in total. The van der Waals surface area contributed by atoms with Crippen LogP contribution in [0.2, 0.25) is 0 Å². The van der Waals surface area contributed by atoms with Gasteiger partial charge in [0.05, 0.1) is 29.4 Å². The van der Waals surface area contributed by atoms with Gasteiger partial charge in [0.25, 0.3) is 0 Å². The number of nitrogens with zero attached hydrogens (tertiary/aromatic N) is 4. The number of amides is 1. The Labute approximate surface area is 202 Å². The van der Waals surface area contributed by atoms with E-state index in [-0.39, 0.29) is 12.0 Å². The molecule has 1 amide bonds. The van der Waals surface area contributed by atoms with Crippen LogP contribution in [0.4, 0.5) is 11.5 Å². The van der Waals surface area contributed by atoms with E-state index >= 15 is 0 Å². The molecule has 9 heteroatoms. The highest BCUT2D eigenvalue weighted by molar-refractivity contribution is 6.02. The van der Waals surface area contributed by atoms with Crippen LogP contribution in [0.15, 0.2) is 41.1 Å². The summed E-state index contributed by atoms with van der Waals surface area (Å²) in [5.41, 5.74) is 9.07. The average molecular weight is 473 g/mol. The maximum Gasteiger partial charge on any atom is 0.229 e. The van der Waals surface area contributed by atoms with Gasteiger partial charge in [-0.2, -0.15) is 0 Å². The number of primary amides is 1. The molecule has 0 bridgehead atoms. The number of aromatic nitrogens is 3. The number of oxazole rings is 1. The highest BCUT2D eigenvalue weighted by Gasteiger charge is 2.51. The SMILES string of the molecule is CCNc1ncc(-c2nc3cc(N4CCO[C@@H](C)C4)ccc3o2)c2cc(C3(C(N)=O)CC3)ncc12. The lowest BCUT2D eigenvalue weighted by molar-refractivity contribution is -0.120. The second-order valence-electron chi connectivity index (χ2n) is 9.41. The second kappa shape index (κ2) is 8.20. The molecule has 35 heavy (non-hydrogen) atoms. The van der Waals surface area contributed by atoms with Crippen LogP contribution in [0.1, 0.15) is 32.4 Å². The first kappa shape index (κ1) is 21.8. The number of carbonyl (C=O) groups excluding carboxylic acids is 1. The summed E-state index contributed by atoms with van der Waals surface area (Å²) in [4.78, 5) is 28.5. The summed E-state index contributed by atoms with van der Waals surface area (Å²) in [6.07, 6.45) is 5.16. The number of hydrogen-bond acceptors (Lipinski definition) is 8. The molecule has 0 spiro atoms. The van der Waals surface area contributed by atoms with Crippen molar-refractivity contribution in [1.29, 1.82) is 0 Å². The fourth-order valence-electron chi connectivity index (χ4n) is 4.91. The molecule has 1 aliphatic carbocycles. The molecule has 1 saturated carbocycles. The number of benzene rings is 1. The van der Waals surface area contributed by atoms with Crippen molar-refractivity contribution in [2.75, 3.05) is 36.5 Å². The zero-order chi connectivity index (χ0) is 24.2. The number of nitrogens with one attached hydrogen (secondary N) is 1. The first-order valence-corrected chi connectivity index (χ1v) is 12.1. The van der Waals surface area contributed by atoms with Crippen LogP contribution >= 0.6 is 0 Å². The lowest BCUT2D eigenvalue weighted by Crippen LogP contribution is -2.41. The number of morpholine rings is 1. The van der Waals surface area contributed by atoms with Crippen molar-refractivity contribution < 1.29 is 13.9 Å². The molecule has 0 unspecified atom stereocenters. The predicted molar refractivity (Wildman–Crippen MR) is 134 cm³/mol. The molecule has 6 rings (SSSR count). The summed E-state index contributed by atoms with van der Waals surface area (Å²) in [6, 6.07) is 8.03. The molecule has 4 aromatic rings. The van der Waals surface area contributed by atoms with Crippen molar-refractivity contribution in [3.63, 3.8) is 0 Å². The van der Waals surface area contributed by atoms with E-state index in [4.69, 9.17) is 19.9 Å². The van der Waals surface area contributed by atoms with E-state index in [1.807, 2.05) is 19.1 Å². The van der Waals surface area contributed by atoms with Gasteiger partial charge in [-0.25, -0.2) is 9.97 Å². The summed E-state index contributed by atoms with van der Waals surface area (Å²) in [5.74, 6) is 0.877. The van der Waals surface area contributed by atoms with Gasteiger partial charge in [-0.05, 0) is 51.0 Å². The van der Waals surface area contributed by atoms with Crippen molar-refractivity contribution in [2.24, 2.45) is 5.73 Å². The molecular weight excluding hydrogens is 444 g/mol. The standard InChI is InChI=1S/C26H28N6O3/c1-3-28-23-18-12-29-22(26(6-7-26)25(27)33)11-17(18)19(13-30-23)24-31-20-10-16(4-5-21(20)35-24)32-8-9-34-15(2)14-32/h4-5,10-13,15H,3,6-9,14H2,1-2H3,(H2,27,33)(H,28,30)/t15-/m0/s1. The number of ether oxygens (including phenoxy) is 1. The average Bonchev–Trinajstić information content (AvgIpc) is 3.57. The van der Waals surface area contributed by atoms with Gasteiger partial charge >= 0.3 is 0 Å². The highest BCUT2D eigenvalue weighted by Crippen LogP contribution is 2.48. The summed E-state index contributed by atoms with van der Waals surface area (Å²) in [7, 11) is 0. The van der Waals surface area contributed by atoms with Gasteiger partial charge in [-0.15, -0.1) is 0 Å². The molecular formula is C26H28N6O3. The molecule has 4 heterocycles. The molecule has 0 radical (unpaired) electrons. The van der Waals surface area contributed by atoms with E-state index in [0.717, 1.165) is 53.0 Å². The minimum Gasteiger partial charge on any atom is -0.436 e. The van der Waals surface area contributed by atoms with Gasteiger partial charge in [0, 0.05) is 48.5 Å². The number of nitrogens with two attached hydrogens (primary N) is 1. The Kier molecular flexibility index (Phi) is 5.10. The molecule has 180 valence electrons. The maximum absolute atomic E-state index is 12.2. The van der Waals surface area contributed by atoms with Gasteiger partial charge in [-0.1, -0.05) is 0 Å². The second-order valence-corrected chi connectivity index (χ2v) is 9.41. The zero-order valence-electron chi connectivity index (χ0n) is 19.9. The van der Waals surface area contributed by atoms with Crippen molar-refractivity contribution in [1.82, 2.24) is 15.0 Å². The molecule has 2 aliphatic rings. The summed E-state index contributed by atoms with van der Waals surface area (Å²) >= 11 is 0. The smallest absolute Gasteiger partial charge is 0.229 e. The van der Waals surface area contributed by atoms with Crippen LogP contribution in [-0.2, 0) is 14.9 Å². The molecule has 2 fully saturated rings. The normalized spacial score (nSPS) is 19.3. The van der Waals surface area contributed by atoms with Crippen molar-refractivity contribution >= 4 is 39.3 Å². The van der Waals surface area contributed by atoms with E-state index in [1.165, 1.54) is 0 Å². The molecule has 1 aromatic carbocycles. The third-order valence-corrected chi connectivity index (χ3v) is 7.04. The first-order valence-electron chi connectivity index (χ1n) is 12.1. The first-order chi connectivity index (χ1) is 17.0. The molecule has 1 atom stereocenters. The minimum absolute atomic E-state index is 0.193. The van der Waals surface area contributed by atoms with Gasteiger partial charge < -0.3 is 25.1 Å². The Bertz CT molecular complexity index is 1440. The molecule has 3 aromatic heterocycles. The molecule has 3 N–H and O–H groups in total. The monoisotopic (exact) mass is 472 g/mol. The van der Waals surface area contributed by atoms with E-state index < -0.39 is 5.41 Å². The van der Waals surface area contributed by atoms with Gasteiger partial charge in [0.1, 0.15) is 11.3 Å². The van der Waals surface area contributed by atoms with Crippen molar-refractivity contribution in [3.8, 4) is 11.5 Å². The van der Waals surface area contributed by atoms with Crippen molar-refractivity contribution in [2.45, 2.75) is 38.2 Å². The topological polar surface area (TPSA) is 119 Å². The number of anilines is 2. The summed E-state index contributed by atoms with van der Waals surface area (Å²) < 4.78 is 11.9. The fraction of sp³-hybridized carbons (Fsp3) is 0.385. The molecule has 1 saturated heterocycles. The number of fused-ring (bicyclic) bond motifs is 2. The fourth-order valence-corrected chi connectivity index (χ4v) is 4.91. The van der Waals surface area contributed by atoms with Crippen LogP contribution in [0, 0.1) is 0 Å². The van der Waals surface area contributed by atoms with E-state index in [9.17, 15) is 4.79 Å². The Morgan fingerprint density at radius 2 is 2.09 bits per heavy atom. The van der Waals surface area contributed by atoms with Crippen LogP contribution in [-0.4, -0.2) is 53.2 Å². The third kappa shape index (κ3) is 3.67. The van der Waals surface area contributed by atoms with E-state index in [0.29, 0.717) is 36.6 Å². The maximum atomic E-state index is 12.2. The van der Waals surface area contributed by atoms with E-state index in [1.54, 1.807) is 12.4 Å². The van der Waals surface area contributed by atoms with Gasteiger partial charge in [0.2, 0.25) is 11.8 Å². The Morgan fingerprint density at radius 3 is 2.83 bits per heavy atom. The Morgan fingerprint density at radius 1 is 1.23 bits per heavy atom. The highest BCUT2D eigenvalue weighted by atomic mass is 16.5. The third-order valence-electron chi connectivity index (χ3n) is 7.04.